The average Bonchev–Trinajstić information content (AvgIpc) is 2.86. The van der Waals surface area contributed by atoms with Crippen molar-refractivity contribution in [2.24, 2.45) is 33.8 Å². The Morgan fingerprint density at radius 3 is 1.43 bits per heavy atom. The molecular formula is C29H60N2O4. The van der Waals surface area contributed by atoms with Crippen molar-refractivity contribution in [1.82, 2.24) is 5.32 Å². The topological polar surface area (TPSA) is 113 Å². The van der Waals surface area contributed by atoms with Gasteiger partial charge in [-0.3, -0.25) is 0 Å². The molecule has 0 aliphatic rings. The fourth-order valence-corrected chi connectivity index (χ4v) is 6.58. The van der Waals surface area contributed by atoms with Gasteiger partial charge >= 0.3 is 0 Å². The van der Waals surface area contributed by atoms with E-state index in [9.17, 15) is 14.7 Å². The van der Waals surface area contributed by atoms with Crippen LogP contribution in [0, 0.1) is 28.1 Å². The molecule has 0 fully saturated rings. The minimum atomic E-state index is -0.690. The quantitative estimate of drug-likeness (QED) is 0.194. The Morgan fingerprint density at radius 1 is 0.800 bits per heavy atom. The Balaban J connectivity index is 0. The van der Waals surface area contributed by atoms with Crippen LogP contribution in [0.4, 0.5) is 0 Å². The Bertz CT molecular complexity index is 522. The first-order chi connectivity index (χ1) is 16.3. The summed E-state index contributed by atoms with van der Waals surface area (Å²) in [5.74, 6) is 0.990. The van der Waals surface area contributed by atoms with Gasteiger partial charge < -0.3 is 30.9 Å². The van der Waals surface area contributed by atoms with E-state index in [1.54, 1.807) is 6.92 Å². The van der Waals surface area contributed by atoms with Crippen molar-refractivity contribution >= 4 is 12.6 Å². The summed E-state index contributed by atoms with van der Waals surface area (Å²) in [5.41, 5.74) is 5.81. The van der Waals surface area contributed by atoms with Gasteiger partial charge in [0, 0.05) is 0 Å². The molecule has 0 radical (unpaired) electrons. The number of carbonyl (C=O) groups is 2. The highest BCUT2D eigenvalue weighted by molar-refractivity contribution is 5.58. The van der Waals surface area contributed by atoms with Gasteiger partial charge in [-0.15, -0.1) is 0 Å². The molecule has 0 aliphatic heterocycles. The monoisotopic (exact) mass is 500 g/mol. The molecule has 6 heteroatoms. The zero-order valence-electron chi connectivity index (χ0n) is 24.7. The third-order valence-corrected chi connectivity index (χ3v) is 9.83. The molecular weight excluding hydrogens is 440 g/mol. The summed E-state index contributed by atoms with van der Waals surface area (Å²) in [4.78, 5) is 20.7. The molecule has 5 N–H and O–H groups in total. The Hall–Kier alpha value is -0.820. The van der Waals surface area contributed by atoms with Crippen LogP contribution in [0.1, 0.15) is 114 Å². The van der Waals surface area contributed by atoms with E-state index in [0.29, 0.717) is 29.0 Å². The Morgan fingerprint density at radius 2 is 1.20 bits per heavy atom. The highest BCUT2D eigenvalue weighted by Crippen LogP contribution is 2.64. The van der Waals surface area contributed by atoms with E-state index in [4.69, 9.17) is 10.8 Å². The SMILES string of the molecule is CCC(CC)(CC)C(C)(CC(C)C(C)CN[C@@H](C=O)[C@H](C)O)C(CC)(CC)CC.N[C@@H](C=O)CO. The second-order valence-corrected chi connectivity index (χ2v) is 11.0. The van der Waals surface area contributed by atoms with Crippen LogP contribution >= 0.6 is 0 Å². The number of aliphatic hydroxyl groups is 2. The number of aldehydes is 2. The summed E-state index contributed by atoms with van der Waals surface area (Å²) >= 11 is 0. The van der Waals surface area contributed by atoms with Crippen LogP contribution in [0.3, 0.4) is 0 Å². The van der Waals surface area contributed by atoms with Crippen molar-refractivity contribution in [2.45, 2.75) is 132 Å². The fourth-order valence-electron chi connectivity index (χ4n) is 6.58. The predicted molar refractivity (Wildman–Crippen MR) is 148 cm³/mol. The van der Waals surface area contributed by atoms with Crippen LogP contribution < -0.4 is 11.1 Å². The molecule has 0 aromatic carbocycles. The smallest absolute Gasteiger partial charge is 0.139 e. The molecule has 210 valence electrons. The lowest BCUT2D eigenvalue weighted by Crippen LogP contribution is -2.52. The number of rotatable bonds is 18. The first kappa shape index (κ1) is 36.3. The van der Waals surface area contributed by atoms with E-state index in [-0.39, 0.29) is 12.0 Å². The average molecular weight is 501 g/mol. The summed E-state index contributed by atoms with van der Waals surface area (Å²) in [7, 11) is 0. The standard InChI is InChI=1S/C26H53NO2.C3H7NO2/c1-11-25(12-2,13-3)24(10,26(14-4,15-5)16-6)17-20(7)21(8)18-27-23(19-28)22(9)29;4-3(1-5)2-6/h19-23,27,29H,11-18H2,1-10H3;1,3,6H,2,4H2/t20?,21?,22-,23-;3-/m00/s1. The predicted octanol–water partition coefficient (Wildman–Crippen LogP) is 5.13. The minimum absolute atomic E-state index is 0.260. The van der Waals surface area contributed by atoms with E-state index < -0.39 is 18.2 Å². The Labute approximate surface area is 217 Å². The summed E-state index contributed by atoms with van der Waals surface area (Å²) in [6.45, 7) is 23.8. The molecule has 0 aliphatic carbocycles. The van der Waals surface area contributed by atoms with Gasteiger partial charge in [0.05, 0.1) is 24.8 Å². The van der Waals surface area contributed by atoms with Gasteiger partial charge in [0.2, 0.25) is 0 Å². The Kier molecular flexibility index (Phi) is 18.3. The number of hydrogen-bond acceptors (Lipinski definition) is 6. The maximum atomic E-state index is 11.2. The summed E-state index contributed by atoms with van der Waals surface area (Å²) in [5, 5.41) is 21.0. The van der Waals surface area contributed by atoms with Crippen LogP contribution in [0.25, 0.3) is 0 Å². The van der Waals surface area contributed by atoms with Gasteiger partial charge in [0.15, 0.2) is 0 Å². The van der Waals surface area contributed by atoms with E-state index in [1.165, 1.54) is 44.9 Å². The van der Waals surface area contributed by atoms with Crippen molar-refractivity contribution in [1.29, 1.82) is 0 Å². The molecule has 0 heterocycles. The van der Waals surface area contributed by atoms with Crippen molar-refractivity contribution in [3.8, 4) is 0 Å². The number of carbonyl (C=O) groups excluding carboxylic acids is 2. The minimum Gasteiger partial charge on any atom is -0.394 e. The summed E-state index contributed by atoms with van der Waals surface area (Å²) in [6, 6.07) is -1.16. The van der Waals surface area contributed by atoms with Gasteiger partial charge in [-0.05, 0) is 86.5 Å². The lowest BCUT2D eigenvalue weighted by molar-refractivity contribution is -0.113. The molecule has 0 spiro atoms. The molecule has 0 aromatic rings. The highest BCUT2D eigenvalue weighted by atomic mass is 16.3. The number of nitrogens with two attached hydrogens (primary N) is 1. The molecule has 0 saturated heterocycles. The maximum Gasteiger partial charge on any atom is 0.139 e. The van der Waals surface area contributed by atoms with Gasteiger partial charge in [0.25, 0.3) is 0 Å². The molecule has 35 heavy (non-hydrogen) atoms. The van der Waals surface area contributed by atoms with Crippen LogP contribution in [0.15, 0.2) is 0 Å². The third-order valence-electron chi connectivity index (χ3n) is 9.83. The fraction of sp³-hybridized carbons (Fsp3) is 0.931. The van der Waals surface area contributed by atoms with Crippen LogP contribution in [-0.2, 0) is 9.59 Å². The van der Waals surface area contributed by atoms with Crippen molar-refractivity contribution < 1.29 is 19.8 Å². The molecule has 0 bridgehead atoms. The third kappa shape index (κ3) is 9.21. The first-order valence-electron chi connectivity index (χ1n) is 14.0. The maximum absolute atomic E-state index is 11.2. The largest absolute Gasteiger partial charge is 0.394 e. The van der Waals surface area contributed by atoms with E-state index in [2.05, 4.69) is 67.6 Å². The molecule has 2 unspecified atom stereocenters. The zero-order chi connectivity index (χ0) is 27.9. The van der Waals surface area contributed by atoms with Gasteiger partial charge in [-0.1, -0.05) is 62.3 Å². The van der Waals surface area contributed by atoms with E-state index >= 15 is 0 Å². The van der Waals surface area contributed by atoms with Crippen molar-refractivity contribution in [2.75, 3.05) is 13.2 Å². The second kappa shape index (κ2) is 17.6. The van der Waals surface area contributed by atoms with Gasteiger partial charge in [0.1, 0.15) is 12.6 Å². The summed E-state index contributed by atoms with van der Waals surface area (Å²) in [6.07, 6.45) is 9.26. The van der Waals surface area contributed by atoms with E-state index in [0.717, 1.165) is 12.8 Å². The number of nitrogens with one attached hydrogen (secondary N) is 1. The van der Waals surface area contributed by atoms with Crippen molar-refractivity contribution in [3.63, 3.8) is 0 Å². The van der Waals surface area contributed by atoms with Crippen molar-refractivity contribution in [3.05, 3.63) is 0 Å². The molecule has 5 atom stereocenters. The molecule has 0 rings (SSSR count). The molecule has 0 aromatic heterocycles. The second-order valence-electron chi connectivity index (χ2n) is 11.0. The van der Waals surface area contributed by atoms with E-state index in [1.807, 2.05) is 0 Å². The van der Waals surface area contributed by atoms with Gasteiger partial charge in [-0.2, -0.15) is 0 Å². The van der Waals surface area contributed by atoms with Crippen LogP contribution in [0.5, 0.6) is 0 Å². The van der Waals surface area contributed by atoms with Gasteiger partial charge in [-0.25, -0.2) is 0 Å². The van der Waals surface area contributed by atoms with Crippen LogP contribution in [0.2, 0.25) is 0 Å². The zero-order valence-corrected chi connectivity index (χ0v) is 24.7. The molecule has 0 saturated carbocycles. The van der Waals surface area contributed by atoms with Crippen LogP contribution in [-0.4, -0.2) is 54.1 Å². The molecule has 0 amide bonds. The lowest BCUT2D eigenvalue weighted by atomic mass is 9.44. The first-order valence-corrected chi connectivity index (χ1v) is 14.0. The summed E-state index contributed by atoms with van der Waals surface area (Å²) < 4.78 is 0. The normalized spacial score (nSPS) is 16.9. The lowest BCUT2D eigenvalue weighted by Gasteiger charge is -2.60. The number of aliphatic hydroxyl groups excluding tert-OH is 2. The number of hydrogen-bond donors (Lipinski definition) is 4. The highest BCUT2D eigenvalue weighted by Gasteiger charge is 2.55. The molecule has 6 nitrogen and oxygen atoms in total.